The monoisotopic (exact) mass is 380 g/mol. The molecule has 152 valence electrons. The van der Waals surface area contributed by atoms with Crippen LogP contribution in [-0.4, -0.2) is 11.9 Å². The lowest BCUT2D eigenvalue weighted by molar-refractivity contribution is -0.120. The molecule has 0 bridgehead atoms. The second-order valence-electron chi connectivity index (χ2n) is 7.73. The first-order valence-corrected chi connectivity index (χ1v) is 11.0. The van der Waals surface area contributed by atoms with Crippen LogP contribution in [0.1, 0.15) is 71.6 Å². The molecule has 1 aromatic carbocycles. The summed E-state index contributed by atoms with van der Waals surface area (Å²) in [4.78, 5) is 12.3. The van der Waals surface area contributed by atoms with Gasteiger partial charge in [-0.3, -0.25) is 4.79 Å². The Labute approximate surface area is 171 Å². The average molecular weight is 381 g/mol. The summed E-state index contributed by atoms with van der Waals surface area (Å²) in [5.41, 5.74) is 3.23. The van der Waals surface area contributed by atoms with Gasteiger partial charge >= 0.3 is 0 Å². The van der Waals surface area contributed by atoms with E-state index in [1.54, 1.807) is 0 Å². The molecule has 0 N–H and O–H groups in total. The Balaban J connectivity index is 1.90. The maximum absolute atomic E-state index is 12.3. The van der Waals surface area contributed by atoms with E-state index in [4.69, 9.17) is 4.74 Å². The van der Waals surface area contributed by atoms with Crippen LogP contribution < -0.4 is 4.74 Å². The number of allylic oxidation sites excluding steroid dienone is 2. The van der Waals surface area contributed by atoms with Crippen LogP contribution in [0.3, 0.4) is 0 Å². The zero-order chi connectivity index (χ0) is 20.0. The summed E-state index contributed by atoms with van der Waals surface area (Å²) < 4.78 is 6.19. The van der Waals surface area contributed by atoms with Gasteiger partial charge in [0.05, 0.1) is 0 Å². The highest BCUT2D eigenvalue weighted by Gasteiger charge is 2.31. The molecule has 0 spiro atoms. The maximum atomic E-state index is 12.3. The van der Waals surface area contributed by atoms with Crippen molar-refractivity contribution in [2.75, 3.05) is 0 Å². The Morgan fingerprint density at radius 3 is 2.75 bits per heavy atom. The van der Waals surface area contributed by atoms with Gasteiger partial charge in [0.15, 0.2) is 0 Å². The highest BCUT2D eigenvalue weighted by atomic mass is 16.5. The Morgan fingerprint density at radius 2 is 2.00 bits per heavy atom. The van der Waals surface area contributed by atoms with Crippen LogP contribution in [0.4, 0.5) is 0 Å². The summed E-state index contributed by atoms with van der Waals surface area (Å²) in [5, 5.41) is 0. The first-order chi connectivity index (χ1) is 13.7. The third kappa shape index (κ3) is 7.90. The van der Waals surface area contributed by atoms with E-state index in [1.807, 2.05) is 36.4 Å². The Hall–Kier alpha value is -2.05. The molecule has 0 amide bonds. The predicted octanol–water partition coefficient (Wildman–Crippen LogP) is 7.07. The standard InChI is InChI=1S/C26H36O2/c1-3-5-7-8-12-19-25-22(20-21-26(25)27)14-13-18-23(15-6-4-2)28-24-16-10-9-11-17-24/h7,9-14,16-17,22-23,25H,3-6,15,18-21H2,1-2H3/t8?,22-,23?,25+/m0/s1. The molecule has 0 saturated heterocycles. The third-order valence-electron chi connectivity index (χ3n) is 5.40. The van der Waals surface area contributed by atoms with Crippen molar-refractivity contribution in [2.24, 2.45) is 11.8 Å². The largest absolute Gasteiger partial charge is 0.490 e. The molecule has 3 atom stereocenters. The minimum absolute atomic E-state index is 0.128. The van der Waals surface area contributed by atoms with Gasteiger partial charge in [-0.05, 0) is 55.9 Å². The van der Waals surface area contributed by atoms with E-state index in [0.29, 0.717) is 18.1 Å². The summed E-state index contributed by atoms with van der Waals surface area (Å²) in [6.07, 6.45) is 17.8. The number of carbonyl (C=O) groups excluding carboxylic acids is 1. The van der Waals surface area contributed by atoms with Crippen LogP contribution in [0, 0.1) is 11.8 Å². The highest BCUT2D eigenvalue weighted by Crippen LogP contribution is 2.33. The van der Waals surface area contributed by atoms with E-state index in [-0.39, 0.29) is 12.0 Å². The Kier molecular flexibility index (Phi) is 10.5. The first-order valence-electron chi connectivity index (χ1n) is 11.0. The maximum Gasteiger partial charge on any atom is 0.136 e. The summed E-state index contributed by atoms with van der Waals surface area (Å²) in [5.74, 6) is 1.84. The zero-order valence-corrected chi connectivity index (χ0v) is 17.6. The van der Waals surface area contributed by atoms with Crippen molar-refractivity contribution in [3.05, 3.63) is 60.4 Å². The van der Waals surface area contributed by atoms with Gasteiger partial charge in [-0.15, -0.1) is 5.73 Å². The quantitative estimate of drug-likeness (QED) is 0.286. The molecule has 1 aliphatic rings. The number of carbonyl (C=O) groups is 1. The third-order valence-corrected chi connectivity index (χ3v) is 5.40. The molecule has 0 aromatic heterocycles. The average Bonchev–Trinajstić information content (AvgIpc) is 3.06. The van der Waals surface area contributed by atoms with Gasteiger partial charge in [0, 0.05) is 18.8 Å². The predicted molar refractivity (Wildman–Crippen MR) is 118 cm³/mol. The molecule has 2 heteroatoms. The number of Topliss-reactive ketones (excluding diaryl/α,β-unsaturated/α-hetero) is 1. The van der Waals surface area contributed by atoms with Crippen molar-refractivity contribution in [3.8, 4) is 5.75 Å². The van der Waals surface area contributed by atoms with Gasteiger partial charge in [-0.2, -0.15) is 0 Å². The van der Waals surface area contributed by atoms with E-state index in [1.165, 1.54) is 12.8 Å². The van der Waals surface area contributed by atoms with Gasteiger partial charge < -0.3 is 4.74 Å². The van der Waals surface area contributed by atoms with Crippen LogP contribution in [0.15, 0.2) is 60.4 Å². The molecule has 2 rings (SSSR count). The fourth-order valence-corrected chi connectivity index (χ4v) is 3.73. The normalized spacial score (nSPS) is 20.1. The molecule has 1 saturated carbocycles. The van der Waals surface area contributed by atoms with E-state index in [9.17, 15) is 4.79 Å². The van der Waals surface area contributed by atoms with Crippen LogP contribution in [0.2, 0.25) is 0 Å². The lowest BCUT2D eigenvalue weighted by atomic mass is 9.91. The fraction of sp³-hybridized carbons (Fsp3) is 0.538. The Bertz CT molecular complexity index is 652. The first kappa shape index (κ1) is 22.2. The molecular weight excluding hydrogens is 344 g/mol. The van der Waals surface area contributed by atoms with E-state index >= 15 is 0 Å². The minimum atomic E-state index is 0.128. The number of benzene rings is 1. The van der Waals surface area contributed by atoms with Gasteiger partial charge in [0.25, 0.3) is 0 Å². The topological polar surface area (TPSA) is 26.3 Å². The summed E-state index contributed by atoms with van der Waals surface area (Å²) in [6, 6.07) is 10.1. The van der Waals surface area contributed by atoms with Gasteiger partial charge in [-0.25, -0.2) is 0 Å². The van der Waals surface area contributed by atoms with Crippen LogP contribution in [-0.2, 0) is 4.79 Å². The molecule has 1 fully saturated rings. The lowest BCUT2D eigenvalue weighted by Crippen LogP contribution is -2.16. The summed E-state index contributed by atoms with van der Waals surface area (Å²) in [6.45, 7) is 4.38. The minimum Gasteiger partial charge on any atom is -0.490 e. The number of para-hydroxylation sites is 1. The van der Waals surface area contributed by atoms with Crippen molar-refractivity contribution in [3.63, 3.8) is 0 Å². The molecule has 1 aromatic rings. The molecule has 28 heavy (non-hydrogen) atoms. The summed E-state index contributed by atoms with van der Waals surface area (Å²) >= 11 is 0. The zero-order valence-electron chi connectivity index (χ0n) is 17.6. The van der Waals surface area contributed by atoms with Gasteiger partial charge in [-0.1, -0.05) is 63.5 Å². The van der Waals surface area contributed by atoms with Crippen LogP contribution in [0.5, 0.6) is 5.75 Å². The van der Waals surface area contributed by atoms with Crippen LogP contribution >= 0.6 is 0 Å². The Morgan fingerprint density at radius 1 is 1.18 bits per heavy atom. The van der Waals surface area contributed by atoms with Gasteiger partial charge in [0.2, 0.25) is 0 Å². The lowest BCUT2D eigenvalue weighted by Gasteiger charge is -2.18. The van der Waals surface area contributed by atoms with Crippen molar-refractivity contribution >= 4 is 5.78 Å². The number of hydrogen-bond acceptors (Lipinski definition) is 2. The number of ether oxygens (including phenoxy) is 1. The number of ketones is 1. The smallest absolute Gasteiger partial charge is 0.136 e. The molecule has 2 nitrogen and oxygen atoms in total. The van der Waals surface area contributed by atoms with Crippen molar-refractivity contribution in [1.29, 1.82) is 0 Å². The molecular formula is C26H36O2. The number of rotatable bonds is 12. The van der Waals surface area contributed by atoms with Crippen molar-refractivity contribution in [2.45, 2.75) is 77.7 Å². The van der Waals surface area contributed by atoms with E-state index in [0.717, 1.165) is 44.3 Å². The molecule has 0 radical (unpaired) electrons. The fourth-order valence-electron chi connectivity index (χ4n) is 3.73. The molecule has 1 unspecified atom stereocenters. The molecule has 0 aliphatic heterocycles. The summed E-state index contributed by atoms with van der Waals surface area (Å²) in [7, 11) is 0. The number of hydrogen-bond donors (Lipinski definition) is 0. The second-order valence-corrected chi connectivity index (χ2v) is 7.73. The van der Waals surface area contributed by atoms with Gasteiger partial charge in [0.1, 0.15) is 17.6 Å². The SMILES string of the molecule is CCCC=C=CC[C@H]1C(=O)CC[C@@H]1C=CCC(CCCC)Oc1ccccc1. The second kappa shape index (κ2) is 13.2. The molecule has 1 aliphatic carbocycles. The van der Waals surface area contributed by atoms with Crippen LogP contribution in [0.25, 0.3) is 0 Å². The van der Waals surface area contributed by atoms with Crippen molar-refractivity contribution < 1.29 is 9.53 Å². The van der Waals surface area contributed by atoms with E-state index in [2.05, 4.69) is 37.8 Å². The highest BCUT2D eigenvalue weighted by molar-refractivity contribution is 5.83. The van der Waals surface area contributed by atoms with Crippen molar-refractivity contribution in [1.82, 2.24) is 0 Å². The molecule has 0 heterocycles. The number of unbranched alkanes of at least 4 members (excludes halogenated alkanes) is 2. The van der Waals surface area contributed by atoms with E-state index < -0.39 is 0 Å².